The Kier molecular flexibility index (Phi) is 6.56. The van der Waals surface area contributed by atoms with Gasteiger partial charge < -0.3 is 20.3 Å². The van der Waals surface area contributed by atoms with Gasteiger partial charge in [-0.3, -0.25) is 9.59 Å². The predicted molar refractivity (Wildman–Crippen MR) is 102 cm³/mol. The first-order chi connectivity index (χ1) is 12.7. The lowest BCUT2D eigenvalue weighted by Crippen LogP contribution is -2.36. The van der Waals surface area contributed by atoms with Gasteiger partial charge in [-0.2, -0.15) is 0 Å². The van der Waals surface area contributed by atoms with Crippen LogP contribution >= 0.6 is 11.3 Å². The molecule has 8 heteroatoms. The molecule has 1 fully saturated rings. The fraction of sp³-hybridized carbons (Fsp3) is 0.389. The number of hydrogen-bond donors (Lipinski definition) is 2. The van der Waals surface area contributed by atoms with Crippen molar-refractivity contribution in [1.29, 1.82) is 0 Å². The molecule has 0 unspecified atom stereocenters. The molecule has 1 aliphatic heterocycles. The van der Waals surface area contributed by atoms with E-state index in [1.165, 1.54) is 11.3 Å². The Balaban J connectivity index is 1.37. The Morgan fingerprint density at radius 1 is 1.23 bits per heavy atom. The van der Waals surface area contributed by atoms with Gasteiger partial charge in [-0.1, -0.05) is 6.07 Å². The van der Waals surface area contributed by atoms with Gasteiger partial charge in [0.2, 0.25) is 5.91 Å². The molecule has 0 spiro atoms. The van der Waals surface area contributed by atoms with Gasteiger partial charge in [0, 0.05) is 26.1 Å². The highest BCUT2D eigenvalue weighted by Crippen LogP contribution is 2.16. The number of pyridine rings is 1. The standard InChI is InChI=1S/C18H22N4O3S/c23-17(4-1-7-19-18(24)15-3-2-12-26-15)21-16-6-5-14(13-20-16)22-8-10-25-11-9-22/h2-3,5-6,12-13H,1,4,7-11H2,(H,19,24)(H,20,21,23). The smallest absolute Gasteiger partial charge is 0.261 e. The maximum absolute atomic E-state index is 12.0. The molecule has 2 N–H and O–H groups in total. The van der Waals surface area contributed by atoms with Crippen LogP contribution < -0.4 is 15.5 Å². The third kappa shape index (κ3) is 5.27. The number of thiophene rings is 1. The lowest BCUT2D eigenvalue weighted by atomic mass is 10.3. The van der Waals surface area contributed by atoms with Gasteiger partial charge in [-0.25, -0.2) is 4.98 Å². The SMILES string of the molecule is O=C(CCCNC(=O)c1cccs1)Nc1ccc(N2CCOCC2)cn1. The summed E-state index contributed by atoms with van der Waals surface area (Å²) in [5.74, 6) is 0.331. The number of carbonyl (C=O) groups excluding carboxylic acids is 2. The van der Waals surface area contributed by atoms with Crippen LogP contribution in [0.5, 0.6) is 0 Å². The van der Waals surface area contributed by atoms with Crippen LogP contribution in [0.4, 0.5) is 11.5 Å². The monoisotopic (exact) mass is 374 g/mol. The number of ether oxygens (including phenoxy) is 1. The lowest BCUT2D eigenvalue weighted by molar-refractivity contribution is -0.116. The van der Waals surface area contributed by atoms with E-state index in [2.05, 4.69) is 20.5 Å². The van der Waals surface area contributed by atoms with Crippen LogP contribution in [0.1, 0.15) is 22.5 Å². The number of amides is 2. The van der Waals surface area contributed by atoms with Crippen molar-refractivity contribution in [2.75, 3.05) is 43.1 Å². The number of rotatable bonds is 7. The van der Waals surface area contributed by atoms with Gasteiger partial charge in [-0.05, 0) is 30.0 Å². The van der Waals surface area contributed by atoms with Gasteiger partial charge in [0.25, 0.3) is 5.91 Å². The van der Waals surface area contributed by atoms with Crippen LogP contribution in [0.2, 0.25) is 0 Å². The van der Waals surface area contributed by atoms with E-state index in [0.717, 1.165) is 32.0 Å². The van der Waals surface area contributed by atoms with Crippen LogP contribution in [0, 0.1) is 0 Å². The predicted octanol–water partition coefficient (Wildman–Crippen LogP) is 2.13. The number of hydrogen-bond acceptors (Lipinski definition) is 6. The first-order valence-electron chi connectivity index (χ1n) is 8.63. The zero-order valence-corrected chi connectivity index (χ0v) is 15.3. The molecule has 26 heavy (non-hydrogen) atoms. The molecule has 2 amide bonds. The molecular weight excluding hydrogens is 352 g/mol. The van der Waals surface area contributed by atoms with Gasteiger partial charge >= 0.3 is 0 Å². The molecule has 1 aliphatic rings. The Hall–Kier alpha value is -2.45. The summed E-state index contributed by atoms with van der Waals surface area (Å²) in [4.78, 5) is 31.0. The molecule has 0 atom stereocenters. The highest BCUT2D eigenvalue weighted by molar-refractivity contribution is 7.12. The van der Waals surface area contributed by atoms with Crippen molar-refractivity contribution < 1.29 is 14.3 Å². The van der Waals surface area contributed by atoms with Crippen molar-refractivity contribution in [2.24, 2.45) is 0 Å². The van der Waals surface area contributed by atoms with Gasteiger partial charge in [0.1, 0.15) is 5.82 Å². The lowest BCUT2D eigenvalue weighted by Gasteiger charge is -2.28. The summed E-state index contributed by atoms with van der Waals surface area (Å²) in [6, 6.07) is 7.37. The number of nitrogens with one attached hydrogen (secondary N) is 2. The Morgan fingerprint density at radius 2 is 2.08 bits per heavy atom. The first-order valence-corrected chi connectivity index (χ1v) is 9.50. The zero-order chi connectivity index (χ0) is 18.2. The molecular formula is C18H22N4O3S. The van der Waals surface area contributed by atoms with Crippen molar-refractivity contribution in [3.63, 3.8) is 0 Å². The van der Waals surface area contributed by atoms with Gasteiger partial charge in [0.05, 0.1) is 30.0 Å². The van der Waals surface area contributed by atoms with Gasteiger partial charge in [-0.15, -0.1) is 11.3 Å². The van der Waals surface area contributed by atoms with Crippen molar-refractivity contribution >= 4 is 34.7 Å². The van der Waals surface area contributed by atoms with Crippen LogP contribution in [0.15, 0.2) is 35.8 Å². The fourth-order valence-corrected chi connectivity index (χ4v) is 3.26. The van der Waals surface area contributed by atoms with Crippen LogP contribution in [-0.4, -0.2) is 49.6 Å². The average Bonchev–Trinajstić information content (AvgIpc) is 3.21. The van der Waals surface area contributed by atoms with E-state index in [9.17, 15) is 9.59 Å². The van der Waals surface area contributed by atoms with Gasteiger partial charge in [0.15, 0.2) is 0 Å². The molecule has 0 aromatic carbocycles. The third-order valence-corrected chi connectivity index (χ3v) is 4.87. The number of carbonyl (C=O) groups is 2. The maximum Gasteiger partial charge on any atom is 0.261 e. The molecule has 0 bridgehead atoms. The maximum atomic E-state index is 12.0. The second-order valence-corrected chi connectivity index (χ2v) is 6.83. The Labute approximate surface area is 156 Å². The highest BCUT2D eigenvalue weighted by Gasteiger charge is 2.12. The third-order valence-electron chi connectivity index (χ3n) is 4.00. The van der Waals surface area contributed by atoms with Crippen LogP contribution in [0.25, 0.3) is 0 Å². The molecule has 0 aliphatic carbocycles. The minimum atomic E-state index is -0.109. The van der Waals surface area contributed by atoms with Crippen molar-refractivity contribution in [1.82, 2.24) is 10.3 Å². The molecule has 3 rings (SSSR count). The van der Waals surface area contributed by atoms with E-state index in [0.29, 0.717) is 30.1 Å². The van der Waals surface area contributed by atoms with Crippen molar-refractivity contribution in [3.8, 4) is 0 Å². The summed E-state index contributed by atoms with van der Waals surface area (Å²) < 4.78 is 5.34. The number of aromatic nitrogens is 1. The molecule has 0 saturated carbocycles. The minimum absolute atomic E-state index is 0.0965. The topological polar surface area (TPSA) is 83.6 Å². The number of nitrogens with zero attached hydrogens (tertiary/aromatic N) is 2. The second-order valence-electron chi connectivity index (χ2n) is 5.89. The Bertz CT molecular complexity index is 713. The summed E-state index contributed by atoms with van der Waals surface area (Å²) in [6.07, 6.45) is 2.68. The van der Waals surface area contributed by atoms with Crippen molar-refractivity contribution in [2.45, 2.75) is 12.8 Å². The molecule has 0 radical (unpaired) electrons. The highest BCUT2D eigenvalue weighted by atomic mass is 32.1. The zero-order valence-electron chi connectivity index (χ0n) is 14.4. The van der Waals surface area contributed by atoms with E-state index in [1.54, 1.807) is 18.3 Å². The van der Waals surface area contributed by atoms with Crippen molar-refractivity contribution in [3.05, 3.63) is 40.7 Å². The summed E-state index contributed by atoms with van der Waals surface area (Å²) in [5, 5.41) is 7.45. The molecule has 2 aromatic heterocycles. The average molecular weight is 374 g/mol. The molecule has 138 valence electrons. The van der Waals surface area contributed by atoms with Crippen LogP contribution in [0.3, 0.4) is 0 Å². The normalized spacial score (nSPS) is 14.1. The van der Waals surface area contributed by atoms with E-state index in [1.807, 2.05) is 17.5 Å². The number of anilines is 2. The second kappa shape index (κ2) is 9.30. The van der Waals surface area contributed by atoms with E-state index in [4.69, 9.17) is 4.74 Å². The van der Waals surface area contributed by atoms with Crippen LogP contribution in [-0.2, 0) is 9.53 Å². The summed E-state index contributed by atoms with van der Waals surface area (Å²) in [6.45, 7) is 3.62. The molecule has 7 nitrogen and oxygen atoms in total. The quantitative estimate of drug-likeness (QED) is 0.726. The molecule has 3 heterocycles. The molecule has 1 saturated heterocycles. The van der Waals surface area contributed by atoms with E-state index in [-0.39, 0.29) is 11.8 Å². The number of morpholine rings is 1. The summed E-state index contributed by atoms with van der Waals surface area (Å²) in [7, 11) is 0. The first kappa shape index (κ1) is 18.3. The summed E-state index contributed by atoms with van der Waals surface area (Å²) in [5.41, 5.74) is 1.03. The minimum Gasteiger partial charge on any atom is -0.378 e. The van der Waals surface area contributed by atoms with E-state index < -0.39 is 0 Å². The Morgan fingerprint density at radius 3 is 2.77 bits per heavy atom. The molecule has 2 aromatic rings. The van der Waals surface area contributed by atoms with E-state index >= 15 is 0 Å². The summed E-state index contributed by atoms with van der Waals surface area (Å²) >= 11 is 1.40. The fourth-order valence-electron chi connectivity index (χ4n) is 2.62. The largest absolute Gasteiger partial charge is 0.378 e.